The van der Waals surface area contributed by atoms with Gasteiger partial charge in [-0.05, 0) is 36.1 Å². The van der Waals surface area contributed by atoms with Crippen LogP contribution >= 0.6 is 11.3 Å². The van der Waals surface area contributed by atoms with Crippen LogP contribution in [0.25, 0.3) is 27.3 Å². The van der Waals surface area contributed by atoms with E-state index in [0.29, 0.717) is 13.3 Å². The standard InChI is InChI=1S/C21H20N6OS/c1-2-6-19(28-11-4-9-26-15-22-14-24-26)16(5-1)18-8-10-27-21(25-18)17(13-23-27)20-7-3-12-29-20/h1-3,5-8,10,12-14H,4,9,11,15H2,(H,22,24). The number of thiophene rings is 1. The molecule has 0 radical (unpaired) electrons. The first-order valence-corrected chi connectivity index (χ1v) is 10.4. The van der Waals surface area contributed by atoms with Crippen LogP contribution in [0.15, 0.2) is 65.2 Å². The molecule has 4 heterocycles. The Morgan fingerprint density at radius 3 is 2.93 bits per heavy atom. The van der Waals surface area contributed by atoms with Gasteiger partial charge in [-0.25, -0.2) is 14.5 Å². The second-order valence-corrected chi connectivity index (χ2v) is 7.61. The lowest BCUT2D eigenvalue weighted by Crippen LogP contribution is -2.33. The van der Waals surface area contributed by atoms with Gasteiger partial charge in [0.05, 0.1) is 30.4 Å². The SMILES string of the molecule is C1=NCN(CCCOc2ccccc2-c2ccn3ncc(-c4cccs4)c3n2)N1. The van der Waals surface area contributed by atoms with Crippen LogP contribution in [0.2, 0.25) is 0 Å². The number of aromatic nitrogens is 3. The van der Waals surface area contributed by atoms with Gasteiger partial charge in [0.15, 0.2) is 5.65 Å². The van der Waals surface area contributed by atoms with Crippen LogP contribution in [-0.2, 0) is 0 Å². The first-order chi connectivity index (χ1) is 14.4. The van der Waals surface area contributed by atoms with Crippen molar-refractivity contribution < 1.29 is 4.74 Å². The zero-order chi connectivity index (χ0) is 19.5. The van der Waals surface area contributed by atoms with Crippen molar-refractivity contribution in [1.29, 1.82) is 0 Å². The average molecular weight is 404 g/mol. The van der Waals surface area contributed by atoms with Crippen LogP contribution in [0, 0.1) is 0 Å². The molecule has 1 N–H and O–H groups in total. The van der Waals surface area contributed by atoms with Gasteiger partial charge >= 0.3 is 0 Å². The van der Waals surface area contributed by atoms with E-state index >= 15 is 0 Å². The summed E-state index contributed by atoms with van der Waals surface area (Å²) in [5, 5.41) is 8.56. The van der Waals surface area contributed by atoms with Crippen molar-refractivity contribution in [2.75, 3.05) is 19.8 Å². The van der Waals surface area contributed by atoms with Crippen molar-refractivity contribution in [2.24, 2.45) is 4.99 Å². The lowest BCUT2D eigenvalue weighted by Gasteiger charge is -2.15. The lowest BCUT2D eigenvalue weighted by molar-refractivity contribution is 0.228. The highest BCUT2D eigenvalue weighted by atomic mass is 32.1. The number of ether oxygens (including phenoxy) is 1. The Balaban J connectivity index is 1.37. The Labute approximate surface area is 172 Å². The second kappa shape index (κ2) is 8.02. The molecule has 29 heavy (non-hydrogen) atoms. The Bertz CT molecular complexity index is 1130. The smallest absolute Gasteiger partial charge is 0.164 e. The molecule has 146 valence electrons. The van der Waals surface area contributed by atoms with Gasteiger partial charge in [-0.2, -0.15) is 5.10 Å². The molecule has 0 spiro atoms. The first-order valence-electron chi connectivity index (χ1n) is 9.48. The number of benzene rings is 1. The lowest BCUT2D eigenvalue weighted by atomic mass is 10.1. The van der Waals surface area contributed by atoms with Gasteiger partial charge in [0.25, 0.3) is 0 Å². The number of nitrogens with zero attached hydrogens (tertiary/aromatic N) is 5. The summed E-state index contributed by atoms with van der Waals surface area (Å²) < 4.78 is 7.90. The molecule has 1 aromatic carbocycles. The number of nitrogens with one attached hydrogen (secondary N) is 1. The number of aliphatic imine (C=N–C) groups is 1. The summed E-state index contributed by atoms with van der Waals surface area (Å²) in [7, 11) is 0. The van der Waals surface area contributed by atoms with Crippen molar-refractivity contribution in [3.63, 3.8) is 0 Å². The van der Waals surface area contributed by atoms with Gasteiger partial charge in [0.2, 0.25) is 0 Å². The summed E-state index contributed by atoms with van der Waals surface area (Å²) >= 11 is 1.69. The van der Waals surface area contributed by atoms with E-state index in [1.54, 1.807) is 17.7 Å². The third kappa shape index (κ3) is 3.72. The highest BCUT2D eigenvalue weighted by Crippen LogP contribution is 2.32. The highest BCUT2D eigenvalue weighted by molar-refractivity contribution is 7.13. The van der Waals surface area contributed by atoms with E-state index in [0.717, 1.165) is 46.1 Å². The molecular formula is C21H20N6OS. The fourth-order valence-corrected chi connectivity index (χ4v) is 4.04. The van der Waals surface area contributed by atoms with Crippen molar-refractivity contribution in [1.82, 2.24) is 25.0 Å². The fourth-order valence-electron chi connectivity index (χ4n) is 3.30. The topological polar surface area (TPSA) is 67.0 Å². The molecule has 0 amide bonds. The van der Waals surface area contributed by atoms with Gasteiger partial charge in [0.1, 0.15) is 12.4 Å². The van der Waals surface area contributed by atoms with Gasteiger partial charge < -0.3 is 10.2 Å². The number of fused-ring (bicyclic) bond motifs is 1. The largest absolute Gasteiger partial charge is 0.493 e. The maximum Gasteiger partial charge on any atom is 0.164 e. The average Bonchev–Trinajstić information content (AvgIpc) is 3.52. The van der Waals surface area contributed by atoms with Crippen LogP contribution < -0.4 is 10.2 Å². The Morgan fingerprint density at radius 1 is 1.10 bits per heavy atom. The van der Waals surface area contributed by atoms with E-state index < -0.39 is 0 Å². The molecule has 3 aromatic heterocycles. The van der Waals surface area contributed by atoms with Crippen LogP contribution in [0.4, 0.5) is 0 Å². The van der Waals surface area contributed by atoms with E-state index in [-0.39, 0.29) is 0 Å². The quantitative estimate of drug-likeness (QED) is 0.476. The number of hydrazine groups is 1. The molecule has 0 atom stereocenters. The van der Waals surface area contributed by atoms with E-state index in [1.165, 1.54) is 0 Å². The van der Waals surface area contributed by atoms with E-state index in [1.807, 2.05) is 53.3 Å². The molecule has 0 aliphatic carbocycles. The molecule has 1 aliphatic rings. The van der Waals surface area contributed by atoms with E-state index in [4.69, 9.17) is 9.72 Å². The number of hydrogen-bond acceptors (Lipinski definition) is 7. The van der Waals surface area contributed by atoms with Crippen molar-refractivity contribution in [3.8, 4) is 27.4 Å². The van der Waals surface area contributed by atoms with E-state index in [2.05, 4.69) is 32.0 Å². The molecule has 1 aliphatic heterocycles. The summed E-state index contributed by atoms with van der Waals surface area (Å²) in [4.78, 5) is 10.2. The molecule has 5 rings (SSSR count). The van der Waals surface area contributed by atoms with Gasteiger partial charge in [-0.1, -0.05) is 18.2 Å². The minimum atomic E-state index is 0.630. The Morgan fingerprint density at radius 2 is 2.07 bits per heavy atom. The monoisotopic (exact) mass is 404 g/mol. The molecule has 0 saturated carbocycles. The second-order valence-electron chi connectivity index (χ2n) is 6.66. The predicted octanol–water partition coefficient (Wildman–Crippen LogP) is 3.70. The Kier molecular flexibility index (Phi) is 4.93. The number of hydrogen-bond donors (Lipinski definition) is 1. The van der Waals surface area contributed by atoms with Crippen molar-refractivity contribution in [2.45, 2.75) is 6.42 Å². The summed E-state index contributed by atoms with van der Waals surface area (Å²) in [6.07, 6.45) is 6.45. The zero-order valence-electron chi connectivity index (χ0n) is 15.7. The number of rotatable bonds is 7. The fraction of sp³-hybridized carbons (Fsp3) is 0.190. The van der Waals surface area contributed by atoms with Crippen LogP contribution in [-0.4, -0.2) is 45.8 Å². The van der Waals surface area contributed by atoms with Gasteiger partial charge in [0, 0.05) is 23.2 Å². The molecule has 4 aromatic rings. The first kappa shape index (κ1) is 17.8. The molecule has 7 nitrogen and oxygen atoms in total. The van der Waals surface area contributed by atoms with Crippen LogP contribution in [0.1, 0.15) is 6.42 Å². The summed E-state index contributed by atoms with van der Waals surface area (Å²) in [6, 6.07) is 14.2. The van der Waals surface area contributed by atoms with Crippen molar-refractivity contribution >= 4 is 23.3 Å². The minimum Gasteiger partial charge on any atom is -0.493 e. The van der Waals surface area contributed by atoms with Crippen LogP contribution in [0.5, 0.6) is 5.75 Å². The maximum absolute atomic E-state index is 6.09. The highest BCUT2D eigenvalue weighted by Gasteiger charge is 2.13. The maximum atomic E-state index is 6.09. The summed E-state index contributed by atoms with van der Waals surface area (Å²) in [6.45, 7) is 2.20. The molecule has 0 unspecified atom stereocenters. The Hall–Kier alpha value is -3.23. The summed E-state index contributed by atoms with van der Waals surface area (Å²) in [5.74, 6) is 0.840. The minimum absolute atomic E-state index is 0.630. The van der Waals surface area contributed by atoms with Gasteiger partial charge in [-0.15, -0.1) is 11.3 Å². The van der Waals surface area contributed by atoms with E-state index in [9.17, 15) is 0 Å². The molecule has 0 fully saturated rings. The molecule has 0 saturated heterocycles. The van der Waals surface area contributed by atoms with Gasteiger partial charge in [-0.3, -0.25) is 4.99 Å². The number of para-hydroxylation sites is 1. The molecular weight excluding hydrogens is 384 g/mol. The zero-order valence-corrected chi connectivity index (χ0v) is 16.5. The normalized spacial score (nSPS) is 13.8. The molecule has 8 heteroatoms. The predicted molar refractivity (Wildman–Crippen MR) is 115 cm³/mol. The molecule has 0 bridgehead atoms. The van der Waals surface area contributed by atoms with Crippen molar-refractivity contribution in [3.05, 3.63) is 60.2 Å². The van der Waals surface area contributed by atoms with Crippen LogP contribution in [0.3, 0.4) is 0 Å². The summed E-state index contributed by atoms with van der Waals surface area (Å²) in [5.41, 5.74) is 6.84. The third-order valence-electron chi connectivity index (χ3n) is 4.73. The third-order valence-corrected chi connectivity index (χ3v) is 5.64.